The van der Waals surface area contributed by atoms with E-state index in [1.165, 1.54) is 25.5 Å². The predicted octanol–water partition coefficient (Wildman–Crippen LogP) is 2.46. The number of hydrogen-bond acceptors (Lipinski definition) is 4. The summed E-state index contributed by atoms with van der Waals surface area (Å²) in [6.07, 6.45) is 4.96. The number of benzene rings is 1. The molecule has 1 atom stereocenters. The van der Waals surface area contributed by atoms with Gasteiger partial charge in [-0.1, -0.05) is 25.0 Å². The van der Waals surface area contributed by atoms with Gasteiger partial charge in [-0.05, 0) is 37.1 Å². The van der Waals surface area contributed by atoms with Crippen LogP contribution in [0.5, 0.6) is 5.75 Å². The van der Waals surface area contributed by atoms with Crippen molar-refractivity contribution in [3.05, 3.63) is 29.8 Å². The lowest BCUT2D eigenvalue weighted by atomic mass is 10.0. The van der Waals surface area contributed by atoms with Gasteiger partial charge in [0.2, 0.25) is 5.91 Å². The van der Waals surface area contributed by atoms with E-state index in [9.17, 15) is 9.59 Å². The third kappa shape index (κ3) is 5.23. The fourth-order valence-corrected chi connectivity index (χ4v) is 3.14. The Labute approximate surface area is 143 Å². The molecule has 1 aromatic carbocycles. The Kier molecular flexibility index (Phi) is 7.06. The van der Waals surface area contributed by atoms with E-state index in [2.05, 4.69) is 27.7 Å². The first kappa shape index (κ1) is 18.3. The van der Waals surface area contributed by atoms with E-state index < -0.39 is 6.03 Å². The lowest BCUT2D eigenvalue weighted by Crippen LogP contribution is -2.39. The fourth-order valence-electron chi connectivity index (χ4n) is 3.14. The molecule has 0 aliphatic carbocycles. The van der Waals surface area contributed by atoms with Gasteiger partial charge in [0.1, 0.15) is 5.75 Å². The Hall–Kier alpha value is -2.08. The molecule has 6 heteroatoms. The quantitative estimate of drug-likeness (QED) is 0.868. The number of amides is 3. The van der Waals surface area contributed by atoms with Gasteiger partial charge in [0.25, 0.3) is 0 Å². The topological polar surface area (TPSA) is 70.7 Å². The van der Waals surface area contributed by atoms with Gasteiger partial charge >= 0.3 is 6.03 Å². The predicted molar refractivity (Wildman–Crippen MR) is 93.0 cm³/mol. The summed E-state index contributed by atoms with van der Waals surface area (Å²) in [5, 5.41) is 4.72. The second-order valence-electron chi connectivity index (χ2n) is 6.05. The van der Waals surface area contributed by atoms with Crippen molar-refractivity contribution in [2.75, 3.05) is 27.2 Å². The zero-order chi connectivity index (χ0) is 17.4. The van der Waals surface area contributed by atoms with Crippen molar-refractivity contribution in [3.63, 3.8) is 0 Å². The molecule has 0 spiro atoms. The highest BCUT2D eigenvalue weighted by Crippen LogP contribution is 2.31. The number of urea groups is 1. The molecule has 24 heavy (non-hydrogen) atoms. The Balaban J connectivity index is 2.00. The molecule has 1 aliphatic heterocycles. The maximum Gasteiger partial charge on any atom is 0.321 e. The maximum atomic E-state index is 11.9. The van der Waals surface area contributed by atoms with Crippen molar-refractivity contribution >= 4 is 11.9 Å². The summed E-state index contributed by atoms with van der Waals surface area (Å²) in [5.74, 6) is 0.607. The first-order valence-electron chi connectivity index (χ1n) is 8.53. The third-order valence-corrected chi connectivity index (χ3v) is 4.47. The SMILES string of the molecule is CNC(=O)NC(=O)CCN1CCCCCC1c1ccc(OC)cc1. The smallest absolute Gasteiger partial charge is 0.321 e. The van der Waals surface area contributed by atoms with Crippen molar-refractivity contribution in [3.8, 4) is 5.75 Å². The lowest BCUT2D eigenvalue weighted by molar-refractivity contribution is -0.120. The minimum atomic E-state index is -0.456. The van der Waals surface area contributed by atoms with Crippen LogP contribution in [0.15, 0.2) is 24.3 Å². The van der Waals surface area contributed by atoms with E-state index in [4.69, 9.17) is 4.74 Å². The minimum absolute atomic E-state index is 0.243. The van der Waals surface area contributed by atoms with E-state index in [0.29, 0.717) is 19.0 Å². The minimum Gasteiger partial charge on any atom is -0.497 e. The van der Waals surface area contributed by atoms with Gasteiger partial charge in [-0.15, -0.1) is 0 Å². The van der Waals surface area contributed by atoms with Gasteiger partial charge in [0.15, 0.2) is 0 Å². The summed E-state index contributed by atoms with van der Waals surface area (Å²) in [6.45, 7) is 1.63. The molecule has 132 valence electrons. The molecule has 2 N–H and O–H groups in total. The first-order valence-corrected chi connectivity index (χ1v) is 8.53. The van der Waals surface area contributed by atoms with E-state index in [-0.39, 0.29) is 5.91 Å². The summed E-state index contributed by atoms with van der Waals surface area (Å²) in [4.78, 5) is 25.4. The number of rotatable bonds is 5. The second-order valence-corrected chi connectivity index (χ2v) is 6.05. The number of nitrogens with zero attached hydrogens (tertiary/aromatic N) is 1. The number of carbonyl (C=O) groups is 2. The molecule has 1 aromatic rings. The number of likely N-dealkylation sites (tertiary alicyclic amines) is 1. The van der Waals surface area contributed by atoms with E-state index in [0.717, 1.165) is 25.1 Å². The fraction of sp³-hybridized carbons (Fsp3) is 0.556. The molecule has 1 aliphatic rings. The van der Waals surface area contributed by atoms with E-state index in [1.807, 2.05) is 12.1 Å². The molecular weight excluding hydrogens is 306 g/mol. The number of hydrogen-bond donors (Lipinski definition) is 2. The summed E-state index contributed by atoms with van der Waals surface area (Å²) in [7, 11) is 3.16. The van der Waals surface area contributed by atoms with Crippen LogP contribution >= 0.6 is 0 Å². The van der Waals surface area contributed by atoms with Crippen molar-refractivity contribution in [2.24, 2.45) is 0 Å². The Bertz CT molecular complexity index is 545. The molecule has 0 aromatic heterocycles. The van der Waals surface area contributed by atoms with Gasteiger partial charge in [0, 0.05) is 26.1 Å². The van der Waals surface area contributed by atoms with Crippen LogP contribution in [0.4, 0.5) is 4.79 Å². The van der Waals surface area contributed by atoms with Crippen LogP contribution in [0.3, 0.4) is 0 Å². The highest BCUT2D eigenvalue weighted by atomic mass is 16.5. The van der Waals surface area contributed by atoms with Gasteiger partial charge in [-0.2, -0.15) is 0 Å². The van der Waals surface area contributed by atoms with Gasteiger partial charge in [-0.25, -0.2) is 4.79 Å². The lowest BCUT2D eigenvalue weighted by Gasteiger charge is -2.30. The number of ether oxygens (including phenoxy) is 1. The Morgan fingerprint density at radius 3 is 2.62 bits per heavy atom. The highest BCUT2D eigenvalue weighted by molar-refractivity contribution is 5.94. The normalized spacial score (nSPS) is 18.5. The van der Waals surface area contributed by atoms with Crippen LogP contribution in [0.2, 0.25) is 0 Å². The van der Waals surface area contributed by atoms with Gasteiger partial charge in [-0.3, -0.25) is 15.0 Å². The zero-order valence-corrected chi connectivity index (χ0v) is 14.5. The van der Waals surface area contributed by atoms with Crippen LogP contribution in [0.1, 0.15) is 43.7 Å². The highest BCUT2D eigenvalue weighted by Gasteiger charge is 2.23. The molecule has 1 fully saturated rings. The standard InChI is InChI=1S/C18H27N3O3/c1-19-18(23)20-17(22)11-13-21-12-5-3-4-6-16(21)14-7-9-15(24-2)10-8-14/h7-10,16H,3-6,11-13H2,1-2H3,(H2,19,20,22,23). The van der Waals surface area contributed by atoms with Crippen LogP contribution in [-0.4, -0.2) is 44.1 Å². The van der Waals surface area contributed by atoms with Crippen LogP contribution in [0.25, 0.3) is 0 Å². The maximum absolute atomic E-state index is 11.9. The molecule has 6 nitrogen and oxygen atoms in total. The van der Waals surface area contributed by atoms with Crippen molar-refractivity contribution in [1.82, 2.24) is 15.5 Å². The van der Waals surface area contributed by atoms with Gasteiger partial charge in [0.05, 0.1) is 7.11 Å². The molecule has 0 saturated carbocycles. The zero-order valence-electron chi connectivity index (χ0n) is 14.5. The largest absolute Gasteiger partial charge is 0.497 e. The van der Waals surface area contributed by atoms with Crippen LogP contribution in [0, 0.1) is 0 Å². The summed E-state index contributed by atoms with van der Waals surface area (Å²) < 4.78 is 5.23. The average molecular weight is 333 g/mol. The number of methoxy groups -OCH3 is 1. The molecule has 2 rings (SSSR count). The summed E-state index contributed by atoms with van der Waals surface area (Å²) >= 11 is 0. The summed E-state index contributed by atoms with van der Waals surface area (Å²) in [6, 6.07) is 8.03. The average Bonchev–Trinajstić information content (AvgIpc) is 2.85. The van der Waals surface area contributed by atoms with Crippen molar-refractivity contribution in [2.45, 2.75) is 38.1 Å². The first-order chi connectivity index (χ1) is 11.6. The third-order valence-electron chi connectivity index (χ3n) is 4.47. The van der Waals surface area contributed by atoms with Crippen molar-refractivity contribution < 1.29 is 14.3 Å². The molecule has 0 bridgehead atoms. The van der Waals surface area contributed by atoms with Crippen molar-refractivity contribution in [1.29, 1.82) is 0 Å². The van der Waals surface area contributed by atoms with Gasteiger partial charge < -0.3 is 10.1 Å². The summed E-state index contributed by atoms with van der Waals surface area (Å²) in [5.41, 5.74) is 1.25. The molecule has 3 amide bonds. The van der Waals surface area contributed by atoms with E-state index in [1.54, 1.807) is 7.11 Å². The number of imide groups is 1. The second kappa shape index (κ2) is 9.27. The van der Waals surface area contributed by atoms with Crippen LogP contribution in [-0.2, 0) is 4.79 Å². The Morgan fingerprint density at radius 1 is 1.21 bits per heavy atom. The monoisotopic (exact) mass is 333 g/mol. The number of nitrogens with one attached hydrogen (secondary N) is 2. The molecule has 0 radical (unpaired) electrons. The molecule has 1 saturated heterocycles. The van der Waals surface area contributed by atoms with Crippen LogP contribution < -0.4 is 15.4 Å². The Morgan fingerprint density at radius 2 is 1.96 bits per heavy atom. The molecule has 1 heterocycles. The molecular formula is C18H27N3O3. The number of carbonyl (C=O) groups excluding carboxylic acids is 2. The van der Waals surface area contributed by atoms with E-state index >= 15 is 0 Å². The molecule has 1 unspecified atom stereocenters.